The summed E-state index contributed by atoms with van der Waals surface area (Å²) < 4.78 is 5.27. The molecule has 2 aromatic rings. The van der Waals surface area contributed by atoms with Crippen molar-refractivity contribution < 1.29 is 14.5 Å². The Morgan fingerprint density at radius 2 is 2.05 bits per heavy atom. The van der Waals surface area contributed by atoms with Crippen LogP contribution in [0.25, 0.3) is 0 Å². The maximum absolute atomic E-state index is 11.5. The number of hydrogen-bond donors (Lipinski definition) is 1. The van der Waals surface area contributed by atoms with Crippen LogP contribution in [0.5, 0.6) is 0 Å². The topological polar surface area (TPSA) is 94.4 Å². The fourth-order valence-corrected chi connectivity index (χ4v) is 1.98. The number of aromatic nitrogens is 1. The van der Waals surface area contributed by atoms with Gasteiger partial charge in [-0.15, -0.1) is 0 Å². The number of esters is 1. The number of carbonyl (C=O) groups is 1. The zero-order valence-corrected chi connectivity index (χ0v) is 12.5. The van der Waals surface area contributed by atoms with Crippen LogP contribution in [0.3, 0.4) is 0 Å². The zero-order valence-electron chi connectivity index (χ0n) is 10.9. The minimum atomic E-state index is -0.667. The second-order valence-corrected chi connectivity index (χ2v) is 4.77. The SMILES string of the molecule is COC(=O)c1ccc([N+](=O)[O-])c(Nc2ccccc2Br)n1. The summed E-state index contributed by atoms with van der Waals surface area (Å²) in [4.78, 5) is 25.9. The van der Waals surface area contributed by atoms with Gasteiger partial charge in [0.25, 0.3) is 0 Å². The molecular weight excluding hydrogens is 342 g/mol. The van der Waals surface area contributed by atoms with Crippen molar-refractivity contribution in [2.24, 2.45) is 0 Å². The number of ether oxygens (including phenoxy) is 1. The average Bonchev–Trinajstić information content (AvgIpc) is 2.48. The highest BCUT2D eigenvalue weighted by Gasteiger charge is 2.19. The minimum Gasteiger partial charge on any atom is -0.464 e. The molecule has 0 amide bonds. The second kappa shape index (κ2) is 6.31. The smallest absolute Gasteiger partial charge is 0.356 e. The molecule has 1 aromatic carbocycles. The number of methoxy groups -OCH3 is 1. The van der Waals surface area contributed by atoms with E-state index in [1.807, 2.05) is 6.07 Å². The molecule has 0 atom stereocenters. The molecular formula is C13H10BrN3O4. The largest absolute Gasteiger partial charge is 0.464 e. The number of nitrogens with zero attached hydrogens (tertiary/aromatic N) is 2. The van der Waals surface area contributed by atoms with Crippen LogP contribution in [-0.4, -0.2) is 23.0 Å². The minimum absolute atomic E-state index is 0.0161. The highest BCUT2D eigenvalue weighted by molar-refractivity contribution is 9.10. The number of para-hydroxylation sites is 1. The number of benzene rings is 1. The molecule has 0 saturated heterocycles. The summed E-state index contributed by atoms with van der Waals surface area (Å²) in [6, 6.07) is 9.53. The molecule has 0 aliphatic carbocycles. The quantitative estimate of drug-likeness (QED) is 0.516. The number of hydrogen-bond acceptors (Lipinski definition) is 6. The molecule has 21 heavy (non-hydrogen) atoms. The fraction of sp³-hybridized carbons (Fsp3) is 0.0769. The Morgan fingerprint density at radius 1 is 1.33 bits per heavy atom. The predicted octanol–water partition coefficient (Wildman–Crippen LogP) is 3.28. The number of rotatable bonds is 4. The van der Waals surface area contributed by atoms with E-state index in [0.29, 0.717) is 10.2 Å². The maximum Gasteiger partial charge on any atom is 0.356 e. The van der Waals surface area contributed by atoms with Crippen LogP contribution < -0.4 is 5.32 Å². The van der Waals surface area contributed by atoms with Gasteiger partial charge in [0.2, 0.25) is 5.82 Å². The van der Waals surface area contributed by atoms with Gasteiger partial charge in [-0.25, -0.2) is 9.78 Å². The van der Waals surface area contributed by atoms with E-state index in [2.05, 4.69) is 31.0 Å². The van der Waals surface area contributed by atoms with Gasteiger partial charge in [-0.2, -0.15) is 0 Å². The third kappa shape index (κ3) is 3.34. The van der Waals surface area contributed by atoms with Gasteiger partial charge in [-0.3, -0.25) is 10.1 Å². The summed E-state index contributed by atoms with van der Waals surface area (Å²) in [6.07, 6.45) is 0. The lowest BCUT2D eigenvalue weighted by atomic mass is 10.3. The Morgan fingerprint density at radius 3 is 2.67 bits per heavy atom. The van der Waals surface area contributed by atoms with Gasteiger partial charge in [-0.1, -0.05) is 12.1 Å². The predicted molar refractivity (Wildman–Crippen MR) is 79.7 cm³/mol. The summed E-state index contributed by atoms with van der Waals surface area (Å²) in [5, 5.41) is 13.9. The first kappa shape index (κ1) is 14.9. The monoisotopic (exact) mass is 351 g/mol. The van der Waals surface area contributed by atoms with Crippen molar-refractivity contribution in [3.63, 3.8) is 0 Å². The van der Waals surface area contributed by atoms with E-state index < -0.39 is 10.9 Å². The molecule has 1 N–H and O–H groups in total. The van der Waals surface area contributed by atoms with E-state index in [-0.39, 0.29) is 17.2 Å². The molecule has 0 aliphatic heterocycles. The van der Waals surface area contributed by atoms with Gasteiger partial charge < -0.3 is 10.1 Å². The number of anilines is 2. The molecule has 0 spiro atoms. The average molecular weight is 352 g/mol. The maximum atomic E-state index is 11.5. The van der Waals surface area contributed by atoms with Gasteiger partial charge in [-0.05, 0) is 34.1 Å². The normalized spacial score (nSPS) is 10.0. The van der Waals surface area contributed by atoms with Crippen LogP contribution in [0, 0.1) is 10.1 Å². The Kier molecular flexibility index (Phi) is 4.49. The van der Waals surface area contributed by atoms with E-state index >= 15 is 0 Å². The standard InChI is InChI=1S/C13H10BrN3O4/c1-21-13(18)10-6-7-11(17(19)20)12(16-10)15-9-5-3-2-4-8(9)14/h2-7H,1H3,(H,15,16). The number of halogens is 1. The van der Waals surface area contributed by atoms with E-state index in [4.69, 9.17) is 0 Å². The van der Waals surface area contributed by atoms with Crippen molar-refractivity contribution >= 4 is 39.1 Å². The highest BCUT2D eigenvalue weighted by Crippen LogP contribution is 2.29. The lowest BCUT2D eigenvalue weighted by Crippen LogP contribution is -2.08. The van der Waals surface area contributed by atoms with Gasteiger partial charge in [0.15, 0.2) is 5.69 Å². The Balaban J connectivity index is 2.46. The number of nitrogens with one attached hydrogen (secondary N) is 1. The van der Waals surface area contributed by atoms with Crippen LogP contribution in [0.4, 0.5) is 17.2 Å². The van der Waals surface area contributed by atoms with E-state index in [9.17, 15) is 14.9 Å². The fourth-order valence-electron chi connectivity index (χ4n) is 1.60. The lowest BCUT2D eigenvalue weighted by Gasteiger charge is -2.09. The van der Waals surface area contributed by atoms with Crippen LogP contribution in [0.15, 0.2) is 40.9 Å². The van der Waals surface area contributed by atoms with E-state index in [0.717, 1.165) is 0 Å². The lowest BCUT2D eigenvalue weighted by molar-refractivity contribution is -0.384. The van der Waals surface area contributed by atoms with Crippen molar-refractivity contribution in [3.8, 4) is 0 Å². The first-order valence-electron chi connectivity index (χ1n) is 5.78. The Labute approximate surface area is 128 Å². The zero-order chi connectivity index (χ0) is 15.4. The molecule has 2 rings (SSSR count). The Bertz CT molecular complexity index is 706. The summed E-state index contributed by atoms with van der Waals surface area (Å²) >= 11 is 3.32. The molecule has 0 saturated carbocycles. The first-order chi connectivity index (χ1) is 10.0. The summed E-state index contributed by atoms with van der Waals surface area (Å²) in [7, 11) is 1.21. The van der Waals surface area contributed by atoms with Gasteiger partial charge in [0.1, 0.15) is 0 Å². The van der Waals surface area contributed by atoms with Crippen LogP contribution in [-0.2, 0) is 4.74 Å². The molecule has 8 heteroatoms. The van der Waals surface area contributed by atoms with Gasteiger partial charge in [0, 0.05) is 10.5 Å². The van der Waals surface area contributed by atoms with Crippen LogP contribution in [0.2, 0.25) is 0 Å². The highest BCUT2D eigenvalue weighted by atomic mass is 79.9. The molecule has 108 valence electrons. The van der Waals surface area contributed by atoms with Crippen molar-refractivity contribution in [2.45, 2.75) is 0 Å². The molecule has 0 bridgehead atoms. The summed E-state index contributed by atoms with van der Waals surface area (Å²) in [6.45, 7) is 0. The van der Waals surface area contributed by atoms with Crippen molar-refractivity contribution in [1.29, 1.82) is 0 Å². The number of nitro groups is 1. The van der Waals surface area contributed by atoms with Gasteiger partial charge >= 0.3 is 11.7 Å². The second-order valence-electron chi connectivity index (χ2n) is 3.92. The first-order valence-corrected chi connectivity index (χ1v) is 6.57. The molecule has 0 radical (unpaired) electrons. The molecule has 7 nitrogen and oxygen atoms in total. The van der Waals surface area contributed by atoms with Crippen molar-refractivity contribution in [1.82, 2.24) is 4.98 Å². The van der Waals surface area contributed by atoms with Crippen molar-refractivity contribution in [2.75, 3.05) is 12.4 Å². The molecule has 1 heterocycles. The Hall–Kier alpha value is -2.48. The number of pyridine rings is 1. The third-order valence-electron chi connectivity index (χ3n) is 2.59. The molecule has 1 aromatic heterocycles. The van der Waals surface area contributed by atoms with Crippen molar-refractivity contribution in [3.05, 3.63) is 56.7 Å². The number of carbonyl (C=O) groups excluding carboxylic acids is 1. The summed E-state index contributed by atoms with van der Waals surface area (Å²) in [5.41, 5.74) is 0.339. The van der Waals surface area contributed by atoms with Crippen LogP contribution in [0.1, 0.15) is 10.5 Å². The molecule has 0 unspecified atom stereocenters. The molecule has 0 fully saturated rings. The third-order valence-corrected chi connectivity index (χ3v) is 3.28. The van der Waals surface area contributed by atoms with E-state index in [1.165, 1.54) is 19.2 Å². The van der Waals surface area contributed by atoms with Gasteiger partial charge in [0.05, 0.1) is 17.7 Å². The van der Waals surface area contributed by atoms with Crippen LogP contribution >= 0.6 is 15.9 Å². The molecule has 0 aliphatic rings. The summed E-state index contributed by atoms with van der Waals surface area (Å²) in [5.74, 6) is -0.699. The van der Waals surface area contributed by atoms with E-state index in [1.54, 1.807) is 18.2 Å².